The molecule has 0 unspecified atom stereocenters. The van der Waals surface area contributed by atoms with Crippen LogP contribution in [-0.4, -0.2) is 26.5 Å². The fraction of sp³-hybridized carbons (Fsp3) is 0.444. The number of fused-ring (bicyclic) bond motifs is 1. The molecule has 2 aromatic heterocycles. The van der Waals surface area contributed by atoms with Gasteiger partial charge in [0.15, 0.2) is 0 Å². The molecule has 92 valence electrons. The standard InChI is InChI=1S/C9H12N4O3S/c1-9(2,10)5-16-6-7(13(14)15)12-3-4-17-8(12)11-6/h3-4H,5,10H2,1-2H3. The van der Waals surface area contributed by atoms with E-state index in [1.165, 1.54) is 15.7 Å². The van der Waals surface area contributed by atoms with Crippen LogP contribution in [0.4, 0.5) is 5.82 Å². The molecule has 0 fully saturated rings. The summed E-state index contributed by atoms with van der Waals surface area (Å²) in [6.07, 6.45) is 1.59. The van der Waals surface area contributed by atoms with Crippen LogP contribution >= 0.6 is 11.3 Å². The van der Waals surface area contributed by atoms with E-state index in [0.29, 0.717) is 4.96 Å². The molecule has 0 bridgehead atoms. The highest BCUT2D eigenvalue weighted by atomic mass is 32.1. The summed E-state index contributed by atoms with van der Waals surface area (Å²) in [5, 5.41) is 12.7. The number of aromatic nitrogens is 2. The number of hydrogen-bond donors (Lipinski definition) is 1. The lowest BCUT2D eigenvalue weighted by atomic mass is 10.1. The van der Waals surface area contributed by atoms with Crippen LogP contribution < -0.4 is 10.5 Å². The molecule has 0 amide bonds. The number of nitro groups is 1. The summed E-state index contributed by atoms with van der Waals surface area (Å²) in [4.78, 5) is 15.0. The molecule has 0 aromatic carbocycles. The molecule has 2 heterocycles. The quantitative estimate of drug-likeness (QED) is 0.659. The van der Waals surface area contributed by atoms with Crippen LogP contribution in [0.3, 0.4) is 0 Å². The van der Waals surface area contributed by atoms with Crippen LogP contribution in [0.1, 0.15) is 13.8 Å². The second-order valence-electron chi connectivity index (χ2n) is 4.33. The number of nitrogens with zero attached hydrogens (tertiary/aromatic N) is 3. The predicted octanol–water partition coefficient (Wildman–Crippen LogP) is 1.42. The highest BCUT2D eigenvalue weighted by molar-refractivity contribution is 7.15. The van der Waals surface area contributed by atoms with Crippen molar-refractivity contribution in [3.05, 3.63) is 21.7 Å². The highest BCUT2D eigenvalue weighted by Gasteiger charge is 2.26. The summed E-state index contributed by atoms with van der Waals surface area (Å²) in [5.41, 5.74) is 5.19. The minimum absolute atomic E-state index is 0.0142. The first kappa shape index (κ1) is 11.8. The summed E-state index contributed by atoms with van der Waals surface area (Å²) < 4.78 is 6.71. The Morgan fingerprint density at radius 2 is 2.41 bits per heavy atom. The van der Waals surface area contributed by atoms with Gasteiger partial charge >= 0.3 is 11.7 Å². The maximum atomic E-state index is 11.0. The van der Waals surface area contributed by atoms with Gasteiger partial charge in [-0.1, -0.05) is 11.3 Å². The number of nitrogens with two attached hydrogens (primary N) is 1. The molecule has 2 N–H and O–H groups in total. The average molecular weight is 256 g/mol. The summed E-state index contributed by atoms with van der Waals surface area (Å²) in [6, 6.07) is 0. The van der Waals surface area contributed by atoms with Gasteiger partial charge in [-0.05, 0) is 18.8 Å². The van der Waals surface area contributed by atoms with Gasteiger partial charge in [-0.25, -0.2) is 0 Å². The van der Waals surface area contributed by atoms with Crippen LogP contribution in [0, 0.1) is 10.1 Å². The monoisotopic (exact) mass is 256 g/mol. The van der Waals surface area contributed by atoms with Gasteiger partial charge in [0.2, 0.25) is 0 Å². The minimum atomic E-state index is -0.565. The van der Waals surface area contributed by atoms with Gasteiger partial charge in [-0.15, -0.1) is 0 Å². The third kappa shape index (κ3) is 2.37. The van der Waals surface area contributed by atoms with E-state index in [0.717, 1.165) is 0 Å². The van der Waals surface area contributed by atoms with Gasteiger partial charge in [-0.3, -0.25) is 0 Å². The Bertz CT molecular complexity index is 554. The zero-order chi connectivity index (χ0) is 12.6. The number of thiazole rings is 1. The summed E-state index contributed by atoms with van der Waals surface area (Å²) in [6.45, 7) is 3.72. The first-order valence-corrected chi connectivity index (χ1v) is 5.78. The SMILES string of the molecule is CC(C)(N)COc1nc2sccn2c1[N+](=O)[O-]. The topological polar surface area (TPSA) is 95.7 Å². The fourth-order valence-electron chi connectivity index (χ4n) is 1.27. The molecule has 0 aliphatic heterocycles. The lowest BCUT2D eigenvalue weighted by molar-refractivity contribution is -0.391. The number of ether oxygens (including phenoxy) is 1. The molecule has 0 aliphatic rings. The minimum Gasteiger partial charge on any atom is -0.470 e. The van der Waals surface area contributed by atoms with Crippen molar-refractivity contribution in [3.8, 4) is 5.88 Å². The van der Waals surface area contributed by atoms with Gasteiger partial charge in [0, 0.05) is 10.9 Å². The number of rotatable bonds is 4. The van der Waals surface area contributed by atoms with E-state index in [2.05, 4.69) is 4.98 Å². The molecule has 2 rings (SSSR count). The fourth-order valence-corrected chi connectivity index (χ4v) is 1.97. The van der Waals surface area contributed by atoms with E-state index in [-0.39, 0.29) is 18.3 Å². The summed E-state index contributed by atoms with van der Waals surface area (Å²) >= 11 is 1.31. The molecule has 0 saturated heterocycles. The Morgan fingerprint density at radius 1 is 1.71 bits per heavy atom. The first-order chi connectivity index (χ1) is 7.88. The third-order valence-electron chi connectivity index (χ3n) is 1.96. The van der Waals surface area contributed by atoms with Crippen molar-refractivity contribution in [2.75, 3.05) is 6.61 Å². The molecule has 0 aliphatic carbocycles. The van der Waals surface area contributed by atoms with Crippen LogP contribution in [0.5, 0.6) is 5.88 Å². The molecular formula is C9H12N4O3S. The predicted molar refractivity (Wildman–Crippen MR) is 63.5 cm³/mol. The van der Waals surface area contributed by atoms with Gasteiger partial charge in [0.05, 0.1) is 0 Å². The molecule has 8 heteroatoms. The average Bonchev–Trinajstić information content (AvgIpc) is 2.70. The van der Waals surface area contributed by atoms with Crippen molar-refractivity contribution >= 4 is 22.1 Å². The molecule has 17 heavy (non-hydrogen) atoms. The second-order valence-corrected chi connectivity index (χ2v) is 5.20. The Balaban J connectivity index is 2.36. The van der Waals surface area contributed by atoms with Gasteiger partial charge in [-0.2, -0.15) is 9.38 Å². The van der Waals surface area contributed by atoms with Crippen LogP contribution in [-0.2, 0) is 0 Å². The van der Waals surface area contributed by atoms with E-state index >= 15 is 0 Å². The van der Waals surface area contributed by atoms with Crippen molar-refractivity contribution in [2.45, 2.75) is 19.4 Å². The zero-order valence-electron chi connectivity index (χ0n) is 9.41. The molecule has 0 radical (unpaired) electrons. The van der Waals surface area contributed by atoms with Crippen LogP contribution in [0.25, 0.3) is 4.96 Å². The van der Waals surface area contributed by atoms with Crippen molar-refractivity contribution in [2.24, 2.45) is 5.73 Å². The zero-order valence-corrected chi connectivity index (χ0v) is 10.2. The molecule has 7 nitrogen and oxygen atoms in total. The normalized spacial score (nSPS) is 11.9. The lowest BCUT2D eigenvalue weighted by Crippen LogP contribution is -2.38. The second kappa shape index (κ2) is 3.97. The Morgan fingerprint density at radius 3 is 3.00 bits per heavy atom. The van der Waals surface area contributed by atoms with E-state index in [9.17, 15) is 10.1 Å². The molecule has 0 spiro atoms. The first-order valence-electron chi connectivity index (χ1n) is 4.90. The Labute approximate surface area is 101 Å². The van der Waals surface area contributed by atoms with E-state index in [4.69, 9.17) is 10.5 Å². The number of imidazole rings is 1. The maximum Gasteiger partial charge on any atom is 0.393 e. The van der Waals surface area contributed by atoms with Crippen molar-refractivity contribution in [1.82, 2.24) is 9.38 Å². The molecule has 0 atom stereocenters. The largest absolute Gasteiger partial charge is 0.470 e. The summed E-state index contributed by atoms with van der Waals surface area (Å²) in [7, 11) is 0. The molecule has 2 aromatic rings. The lowest BCUT2D eigenvalue weighted by Gasteiger charge is -2.17. The molecule has 0 saturated carbocycles. The smallest absolute Gasteiger partial charge is 0.393 e. The van der Waals surface area contributed by atoms with Crippen molar-refractivity contribution < 1.29 is 9.66 Å². The van der Waals surface area contributed by atoms with Crippen molar-refractivity contribution in [1.29, 1.82) is 0 Å². The van der Waals surface area contributed by atoms with E-state index in [1.54, 1.807) is 25.4 Å². The third-order valence-corrected chi connectivity index (χ3v) is 2.72. The summed E-state index contributed by atoms with van der Waals surface area (Å²) in [5.74, 6) is -0.147. The van der Waals surface area contributed by atoms with E-state index < -0.39 is 10.5 Å². The van der Waals surface area contributed by atoms with Gasteiger partial charge in [0.25, 0.3) is 4.96 Å². The Kier molecular flexibility index (Phi) is 2.76. The number of hydrogen-bond acceptors (Lipinski definition) is 6. The van der Waals surface area contributed by atoms with Gasteiger partial charge in [0.1, 0.15) is 12.8 Å². The van der Waals surface area contributed by atoms with Crippen molar-refractivity contribution in [3.63, 3.8) is 0 Å². The highest BCUT2D eigenvalue weighted by Crippen LogP contribution is 2.30. The van der Waals surface area contributed by atoms with Crippen LogP contribution in [0.2, 0.25) is 0 Å². The van der Waals surface area contributed by atoms with Crippen LogP contribution in [0.15, 0.2) is 11.6 Å². The maximum absolute atomic E-state index is 11.0. The van der Waals surface area contributed by atoms with Gasteiger partial charge < -0.3 is 20.6 Å². The Hall–Kier alpha value is -1.67. The van der Waals surface area contributed by atoms with E-state index in [1.807, 2.05) is 0 Å². The molecular weight excluding hydrogens is 244 g/mol.